The summed E-state index contributed by atoms with van der Waals surface area (Å²) in [6.07, 6.45) is 3.19. The van der Waals surface area contributed by atoms with Crippen LogP contribution in [0.15, 0.2) is 30.3 Å². The van der Waals surface area contributed by atoms with Gasteiger partial charge in [-0.15, -0.1) is 0 Å². The third-order valence-electron chi connectivity index (χ3n) is 5.46. The Morgan fingerprint density at radius 3 is 2.00 bits per heavy atom. The maximum absolute atomic E-state index is 6.29. The van der Waals surface area contributed by atoms with Crippen LogP contribution < -0.4 is 0 Å². The fourth-order valence-electron chi connectivity index (χ4n) is 2.66. The summed E-state index contributed by atoms with van der Waals surface area (Å²) in [5, 5.41) is 0.0425. The number of benzene rings is 1. The minimum absolute atomic E-state index is 0.0425. The first-order valence-corrected chi connectivity index (χ1v) is 8.10. The van der Waals surface area contributed by atoms with E-state index in [4.69, 9.17) is 9.31 Å². The predicted octanol–water partition coefficient (Wildman–Crippen LogP) is 4.88. The maximum Gasteiger partial charge on any atom is 0.464 e. The Morgan fingerprint density at radius 2 is 1.52 bits per heavy atom. The van der Waals surface area contributed by atoms with E-state index in [1.165, 1.54) is 5.56 Å². The van der Waals surface area contributed by atoms with Gasteiger partial charge in [-0.1, -0.05) is 50.6 Å². The molecule has 1 heterocycles. The highest BCUT2D eigenvalue weighted by Gasteiger charge is 2.56. The molecule has 0 bridgehead atoms. The Bertz CT molecular complexity index is 453. The summed E-state index contributed by atoms with van der Waals surface area (Å²) in [7, 11) is -0.129. The highest BCUT2D eigenvalue weighted by atomic mass is 16.7. The van der Waals surface area contributed by atoms with Crippen molar-refractivity contribution >= 4 is 7.12 Å². The lowest BCUT2D eigenvalue weighted by molar-refractivity contribution is 0.00578. The summed E-state index contributed by atoms with van der Waals surface area (Å²) < 4.78 is 12.6. The van der Waals surface area contributed by atoms with Crippen LogP contribution in [0.4, 0.5) is 0 Å². The Labute approximate surface area is 130 Å². The standard InChI is InChI=1S/C18H29BO2/c1-7-18(6,14-13-15-11-9-8-10-12-15)19-20-16(2,3)17(4,5)21-19/h8-12H,7,13-14H2,1-6H3/t18-/m0/s1. The highest BCUT2D eigenvalue weighted by Crippen LogP contribution is 2.48. The van der Waals surface area contributed by atoms with Crippen LogP contribution in [0.25, 0.3) is 0 Å². The van der Waals surface area contributed by atoms with Crippen molar-refractivity contribution in [3.63, 3.8) is 0 Å². The van der Waals surface area contributed by atoms with Gasteiger partial charge in [-0.2, -0.15) is 0 Å². The van der Waals surface area contributed by atoms with Crippen LogP contribution in [0.5, 0.6) is 0 Å². The second kappa shape index (κ2) is 5.77. The molecule has 1 aromatic rings. The van der Waals surface area contributed by atoms with Gasteiger partial charge in [-0.05, 0) is 46.1 Å². The van der Waals surface area contributed by atoms with E-state index in [1.807, 2.05) is 0 Å². The number of hydrogen-bond donors (Lipinski definition) is 0. The molecule has 1 atom stereocenters. The zero-order valence-electron chi connectivity index (χ0n) is 14.4. The van der Waals surface area contributed by atoms with Gasteiger partial charge in [0.15, 0.2) is 0 Å². The van der Waals surface area contributed by atoms with Gasteiger partial charge in [-0.25, -0.2) is 0 Å². The third-order valence-corrected chi connectivity index (χ3v) is 5.46. The molecule has 0 saturated carbocycles. The SMILES string of the molecule is CC[C@@](C)(CCc1ccccc1)B1OC(C)(C)C(C)(C)O1. The Hall–Kier alpha value is -0.795. The van der Waals surface area contributed by atoms with Crippen molar-refractivity contribution in [2.24, 2.45) is 0 Å². The van der Waals surface area contributed by atoms with E-state index < -0.39 is 0 Å². The maximum atomic E-state index is 6.29. The Balaban J connectivity index is 2.08. The smallest absolute Gasteiger partial charge is 0.403 e. The first-order chi connectivity index (χ1) is 9.70. The minimum Gasteiger partial charge on any atom is -0.403 e. The van der Waals surface area contributed by atoms with Crippen LogP contribution in [-0.4, -0.2) is 18.3 Å². The first kappa shape index (κ1) is 16.6. The second-order valence-electron chi connectivity index (χ2n) is 7.58. The van der Waals surface area contributed by atoms with Crippen molar-refractivity contribution in [1.29, 1.82) is 0 Å². The molecule has 1 aliphatic rings. The van der Waals surface area contributed by atoms with Gasteiger partial charge in [0.2, 0.25) is 0 Å². The summed E-state index contributed by atoms with van der Waals surface area (Å²) >= 11 is 0. The minimum atomic E-state index is -0.249. The van der Waals surface area contributed by atoms with Crippen LogP contribution in [-0.2, 0) is 15.7 Å². The quantitative estimate of drug-likeness (QED) is 0.719. The monoisotopic (exact) mass is 288 g/mol. The van der Waals surface area contributed by atoms with Crippen LogP contribution >= 0.6 is 0 Å². The summed E-state index contributed by atoms with van der Waals surface area (Å²) in [6.45, 7) is 13.0. The molecule has 0 unspecified atom stereocenters. The van der Waals surface area contributed by atoms with Gasteiger partial charge < -0.3 is 9.31 Å². The van der Waals surface area contributed by atoms with Crippen molar-refractivity contribution in [3.05, 3.63) is 35.9 Å². The summed E-state index contributed by atoms with van der Waals surface area (Å²) in [6, 6.07) is 10.7. The van der Waals surface area contributed by atoms with Gasteiger partial charge in [0.1, 0.15) is 0 Å². The Kier molecular flexibility index (Phi) is 4.56. The predicted molar refractivity (Wildman–Crippen MR) is 89.5 cm³/mol. The lowest BCUT2D eigenvalue weighted by Gasteiger charge is -2.32. The second-order valence-corrected chi connectivity index (χ2v) is 7.58. The zero-order chi connectivity index (χ0) is 15.7. The molecule has 116 valence electrons. The zero-order valence-corrected chi connectivity index (χ0v) is 14.4. The molecule has 2 rings (SSSR count). The summed E-state index contributed by atoms with van der Waals surface area (Å²) in [5.41, 5.74) is 0.885. The topological polar surface area (TPSA) is 18.5 Å². The van der Waals surface area contributed by atoms with Crippen molar-refractivity contribution in [1.82, 2.24) is 0 Å². The van der Waals surface area contributed by atoms with Crippen molar-refractivity contribution in [3.8, 4) is 0 Å². The molecule has 1 saturated heterocycles. The van der Waals surface area contributed by atoms with Gasteiger partial charge in [0.25, 0.3) is 0 Å². The average molecular weight is 288 g/mol. The lowest BCUT2D eigenvalue weighted by atomic mass is 9.54. The Morgan fingerprint density at radius 1 is 1.00 bits per heavy atom. The van der Waals surface area contributed by atoms with Gasteiger partial charge in [0, 0.05) is 5.31 Å². The molecule has 0 aromatic heterocycles. The molecular weight excluding hydrogens is 259 g/mol. The summed E-state index contributed by atoms with van der Waals surface area (Å²) in [4.78, 5) is 0. The third kappa shape index (κ3) is 3.35. The molecule has 1 fully saturated rings. The van der Waals surface area contributed by atoms with E-state index in [9.17, 15) is 0 Å². The van der Waals surface area contributed by atoms with Crippen LogP contribution in [0.2, 0.25) is 5.31 Å². The van der Waals surface area contributed by atoms with Crippen molar-refractivity contribution < 1.29 is 9.31 Å². The van der Waals surface area contributed by atoms with E-state index in [2.05, 4.69) is 71.9 Å². The van der Waals surface area contributed by atoms with Gasteiger partial charge >= 0.3 is 7.12 Å². The molecule has 0 spiro atoms. The highest BCUT2D eigenvalue weighted by molar-refractivity contribution is 6.49. The van der Waals surface area contributed by atoms with E-state index in [1.54, 1.807) is 0 Å². The normalized spacial score (nSPS) is 23.0. The molecule has 1 aliphatic heterocycles. The molecule has 3 heteroatoms. The number of aryl methyl sites for hydroxylation is 1. The van der Waals surface area contributed by atoms with Crippen molar-refractivity contribution in [2.45, 2.75) is 77.3 Å². The van der Waals surface area contributed by atoms with E-state index in [0.717, 1.165) is 19.3 Å². The average Bonchev–Trinajstić information content (AvgIpc) is 2.66. The molecule has 0 radical (unpaired) electrons. The van der Waals surface area contributed by atoms with Gasteiger partial charge in [-0.3, -0.25) is 0 Å². The number of hydrogen-bond acceptors (Lipinski definition) is 2. The van der Waals surface area contributed by atoms with Crippen LogP contribution in [0, 0.1) is 0 Å². The van der Waals surface area contributed by atoms with E-state index >= 15 is 0 Å². The molecule has 0 amide bonds. The van der Waals surface area contributed by atoms with E-state index in [0.29, 0.717) is 0 Å². The molecular formula is C18H29BO2. The number of rotatable bonds is 5. The molecule has 21 heavy (non-hydrogen) atoms. The molecule has 0 N–H and O–H groups in total. The molecule has 2 nitrogen and oxygen atoms in total. The van der Waals surface area contributed by atoms with E-state index in [-0.39, 0.29) is 23.6 Å². The first-order valence-electron chi connectivity index (χ1n) is 8.10. The largest absolute Gasteiger partial charge is 0.464 e. The fourth-order valence-corrected chi connectivity index (χ4v) is 2.66. The van der Waals surface area contributed by atoms with Gasteiger partial charge in [0.05, 0.1) is 11.2 Å². The molecule has 1 aromatic carbocycles. The molecule has 0 aliphatic carbocycles. The van der Waals surface area contributed by atoms with Crippen LogP contribution in [0.1, 0.15) is 59.9 Å². The fraction of sp³-hybridized carbons (Fsp3) is 0.667. The van der Waals surface area contributed by atoms with Crippen LogP contribution in [0.3, 0.4) is 0 Å². The lowest BCUT2D eigenvalue weighted by Crippen LogP contribution is -2.41. The summed E-state index contributed by atoms with van der Waals surface area (Å²) in [5.74, 6) is 0. The van der Waals surface area contributed by atoms with Crippen molar-refractivity contribution in [2.75, 3.05) is 0 Å².